The predicted octanol–water partition coefficient (Wildman–Crippen LogP) is 2.06. The van der Waals surface area contributed by atoms with Crippen molar-refractivity contribution in [2.24, 2.45) is 0 Å². The quantitative estimate of drug-likeness (QED) is 0.583. The molecule has 0 saturated heterocycles. The number of fused-ring (bicyclic) bond motifs is 1. The third-order valence-electron chi connectivity index (χ3n) is 2.45. The summed E-state index contributed by atoms with van der Waals surface area (Å²) in [5, 5.41) is 1.04. The zero-order valence-corrected chi connectivity index (χ0v) is 10.9. The van der Waals surface area contributed by atoms with Crippen molar-refractivity contribution in [3.05, 3.63) is 40.2 Å². The van der Waals surface area contributed by atoms with Crippen molar-refractivity contribution in [3.63, 3.8) is 0 Å². The fourth-order valence-corrected chi connectivity index (χ4v) is 3.16. The molecule has 0 spiro atoms. The molecule has 1 aromatic carbocycles. The number of aryl methyl sites for hydroxylation is 1. The van der Waals surface area contributed by atoms with Crippen LogP contribution >= 0.6 is 0 Å². The Labute approximate surface area is 93.2 Å². The molecule has 1 heterocycles. The van der Waals surface area contributed by atoms with Crippen LogP contribution < -0.4 is 9.98 Å². The van der Waals surface area contributed by atoms with Crippen LogP contribution in [0.2, 0.25) is 11.4 Å². The van der Waals surface area contributed by atoms with Crippen LogP contribution in [0.3, 0.4) is 0 Å². The summed E-state index contributed by atoms with van der Waals surface area (Å²) in [5.74, 6) is 0. The SMILES string of the molecule is Cc1cc(=O)oc2cc([As](C)C)ccc12. The van der Waals surface area contributed by atoms with Gasteiger partial charge in [0.1, 0.15) is 0 Å². The molecule has 0 N–H and O–H groups in total. The molecule has 0 aliphatic rings. The molecular formula is C12H13AsO2. The van der Waals surface area contributed by atoms with Crippen molar-refractivity contribution in [2.45, 2.75) is 18.3 Å². The average Bonchev–Trinajstić information content (AvgIpc) is 2.16. The number of rotatable bonds is 1. The first-order valence-corrected chi connectivity index (χ1v) is 9.49. The third-order valence-corrected chi connectivity index (χ3v) is 5.20. The molecule has 0 bridgehead atoms. The van der Waals surface area contributed by atoms with Crippen LogP contribution in [0.25, 0.3) is 11.0 Å². The monoisotopic (exact) mass is 264 g/mol. The average molecular weight is 264 g/mol. The van der Waals surface area contributed by atoms with Crippen molar-refractivity contribution in [2.75, 3.05) is 0 Å². The van der Waals surface area contributed by atoms with Gasteiger partial charge in [-0.15, -0.1) is 0 Å². The predicted molar refractivity (Wildman–Crippen MR) is 64.3 cm³/mol. The van der Waals surface area contributed by atoms with Crippen LogP contribution in [0.1, 0.15) is 5.56 Å². The van der Waals surface area contributed by atoms with Crippen molar-refractivity contribution in [1.29, 1.82) is 0 Å². The van der Waals surface area contributed by atoms with Gasteiger partial charge in [0.2, 0.25) is 0 Å². The number of benzene rings is 1. The molecular weight excluding hydrogens is 251 g/mol. The van der Waals surface area contributed by atoms with E-state index in [4.69, 9.17) is 4.42 Å². The van der Waals surface area contributed by atoms with Crippen LogP contribution in [-0.2, 0) is 0 Å². The Bertz CT molecular complexity index is 555. The van der Waals surface area contributed by atoms with E-state index in [-0.39, 0.29) is 5.63 Å². The Morgan fingerprint density at radius 3 is 2.60 bits per heavy atom. The molecule has 0 saturated carbocycles. The number of hydrogen-bond acceptors (Lipinski definition) is 2. The van der Waals surface area contributed by atoms with Gasteiger partial charge in [-0.3, -0.25) is 0 Å². The number of hydrogen-bond donors (Lipinski definition) is 0. The van der Waals surface area contributed by atoms with Gasteiger partial charge in [0.15, 0.2) is 0 Å². The summed E-state index contributed by atoms with van der Waals surface area (Å²) in [4.78, 5) is 11.2. The van der Waals surface area contributed by atoms with E-state index in [9.17, 15) is 4.79 Å². The zero-order valence-electron chi connectivity index (χ0n) is 9.07. The van der Waals surface area contributed by atoms with Gasteiger partial charge in [-0.25, -0.2) is 0 Å². The molecule has 0 aliphatic heterocycles. The van der Waals surface area contributed by atoms with Crippen LogP contribution in [0.5, 0.6) is 0 Å². The Morgan fingerprint density at radius 2 is 1.93 bits per heavy atom. The molecule has 78 valence electrons. The minimum absolute atomic E-state index is 0.261. The Hall–Kier alpha value is -1.01. The van der Waals surface area contributed by atoms with E-state index in [1.807, 2.05) is 13.0 Å². The van der Waals surface area contributed by atoms with Crippen LogP contribution in [0.15, 0.2) is 33.5 Å². The van der Waals surface area contributed by atoms with E-state index in [0.717, 1.165) is 16.5 Å². The normalized spacial score (nSPS) is 11.2. The van der Waals surface area contributed by atoms with Crippen molar-refractivity contribution in [3.8, 4) is 0 Å². The molecule has 1 aromatic heterocycles. The second-order valence-corrected chi connectivity index (χ2v) is 8.66. The van der Waals surface area contributed by atoms with Gasteiger partial charge in [0.25, 0.3) is 0 Å². The molecule has 2 aromatic rings. The summed E-state index contributed by atoms with van der Waals surface area (Å²) >= 11 is -0.894. The minimum atomic E-state index is -0.894. The maximum atomic E-state index is 11.2. The van der Waals surface area contributed by atoms with Crippen molar-refractivity contribution < 1.29 is 4.42 Å². The molecule has 0 fully saturated rings. The fraction of sp³-hybridized carbons (Fsp3) is 0.250. The molecule has 0 unspecified atom stereocenters. The van der Waals surface area contributed by atoms with E-state index in [0.29, 0.717) is 0 Å². The van der Waals surface area contributed by atoms with E-state index < -0.39 is 14.7 Å². The zero-order chi connectivity index (χ0) is 11.0. The second kappa shape index (κ2) is 3.86. The van der Waals surface area contributed by atoms with E-state index >= 15 is 0 Å². The van der Waals surface area contributed by atoms with Gasteiger partial charge in [0, 0.05) is 0 Å². The molecule has 2 nitrogen and oxygen atoms in total. The molecule has 15 heavy (non-hydrogen) atoms. The first-order valence-electron chi connectivity index (χ1n) is 4.80. The Balaban J connectivity index is 2.76. The summed E-state index contributed by atoms with van der Waals surface area (Å²) in [7, 11) is 0. The van der Waals surface area contributed by atoms with Crippen LogP contribution in [0, 0.1) is 6.92 Å². The molecule has 0 atom stereocenters. The third kappa shape index (κ3) is 2.00. The summed E-state index contributed by atoms with van der Waals surface area (Å²) in [6, 6.07) is 7.76. The summed E-state index contributed by atoms with van der Waals surface area (Å²) in [6.07, 6.45) is 0. The molecule has 0 aliphatic carbocycles. The van der Waals surface area contributed by atoms with Crippen LogP contribution in [-0.4, -0.2) is 14.7 Å². The van der Waals surface area contributed by atoms with Crippen LogP contribution in [0.4, 0.5) is 0 Å². The van der Waals surface area contributed by atoms with E-state index in [2.05, 4.69) is 23.6 Å². The topological polar surface area (TPSA) is 30.2 Å². The van der Waals surface area contributed by atoms with Gasteiger partial charge < -0.3 is 0 Å². The first kappa shape index (κ1) is 10.5. The summed E-state index contributed by atoms with van der Waals surface area (Å²) in [6.45, 7) is 1.94. The Morgan fingerprint density at radius 1 is 1.20 bits per heavy atom. The Kier molecular flexibility index (Phi) is 2.70. The molecule has 3 heteroatoms. The van der Waals surface area contributed by atoms with Gasteiger partial charge >= 0.3 is 93.0 Å². The molecule has 2 rings (SSSR count). The molecule has 0 radical (unpaired) electrons. The summed E-state index contributed by atoms with van der Waals surface area (Å²) < 4.78 is 6.54. The van der Waals surface area contributed by atoms with Gasteiger partial charge in [0.05, 0.1) is 0 Å². The fourth-order valence-electron chi connectivity index (χ4n) is 1.59. The second-order valence-electron chi connectivity index (χ2n) is 3.82. The van der Waals surface area contributed by atoms with Crippen molar-refractivity contribution >= 4 is 30.0 Å². The summed E-state index contributed by atoms with van der Waals surface area (Å²) in [5.41, 5.74) is 5.98. The van der Waals surface area contributed by atoms with Gasteiger partial charge in [-0.05, 0) is 0 Å². The van der Waals surface area contributed by atoms with Crippen molar-refractivity contribution in [1.82, 2.24) is 0 Å². The van der Waals surface area contributed by atoms with E-state index in [1.165, 1.54) is 10.4 Å². The van der Waals surface area contributed by atoms with Gasteiger partial charge in [-0.2, -0.15) is 0 Å². The molecule has 0 amide bonds. The first-order chi connectivity index (χ1) is 7.08. The van der Waals surface area contributed by atoms with Gasteiger partial charge in [-0.1, -0.05) is 0 Å². The van der Waals surface area contributed by atoms with E-state index in [1.54, 1.807) is 0 Å². The standard InChI is InChI=1S/C12H13AsO2/c1-8-6-12(14)15-11-7-9(13(2)3)4-5-10(8)11/h4-7H,1-3H3. The maximum absolute atomic E-state index is 11.2.